The average molecular weight is 279 g/mol. The van der Waals surface area contributed by atoms with Crippen molar-refractivity contribution in [2.24, 2.45) is 7.05 Å². The van der Waals surface area contributed by atoms with Crippen molar-refractivity contribution < 1.29 is 4.79 Å². The summed E-state index contributed by atoms with van der Waals surface area (Å²) in [6.07, 6.45) is 5.08. The van der Waals surface area contributed by atoms with Crippen molar-refractivity contribution in [2.45, 2.75) is 0 Å². The summed E-state index contributed by atoms with van der Waals surface area (Å²) < 4.78 is 1.49. The lowest BCUT2D eigenvalue weighted by Crippen LogP contribution is -2.12. The van der Waals surface area contributed by atoms with Crippen molar-refractivity contribution in [1.82, 2.24) is 20.0 Å². The van der Waals surface area contributed by atoms with Crippen LogP contribution in [-0.4, -0.2) is 25.9 Å². The monoisotopic (exact) mass is 279 g/mol. The Morgan fingerprint density at radius 2 is 2.05 bits per heavy atom. The van der Waals surface area contributed by atoms with E-state index >= 15 is 0 Å². The summed E-state index contributed by atoms with van der Waals surface area (Å²) in [5.41, 5.74) is 2.96. The van der Waals surface area contributed by atoms with Crippen LogP contribution >= 0.6 is 0 Å². The second-order valence-electron chi connectivity index (χ2n) is 4.55. The van der Waals surface area contributed by atoms with E-state index in [4.69, 9.17) is 0 Å². The van der Waals surface area contributed by atoms with E-state index in [0.717, 1.165) is 11.1 Å². The van der Waals surface area contributed by atoms with Gasteiger partial charge in [-0.25, -0.2) is 0 Å². The molecule has 0 saturated heterocycles. The third-order valence-corrected chi connectivity index (χ3v) is 2.95. The van der Waals surface area contributed by atoms with E-state index in [0.29, 0.717) is 5.69 Å². The second-order valence-corrected chi connectivity index (χ2v) is 4.55. The van der Waals surface area contributed by atoms with Gasteiger partial charge < -0.3 is 5.32 Å². The third kappa shape index (κ3) is 2.94. The molecule has 0 spiro atoms. The Morgan fingerprint density at radius 3 is 2.76 bits per heavy atom. The van der Waals surface area contributed by atoms with Crippen LogP contribution in [0.2, 0.25) is 0 Å². The van der Waals surface area contributed by atoms with Gasteiger partial charge in [-0.3, -0.25) is 14.5 Å². The maximum Gasteiger partial charge on any atom is 0.277 e. The summed E-state index contributed by atoms with van der Waals surface area (Å²) in [6.45, 7) is 0. The van der Waals surface area contributed by atoms with Gasteiger partial charge in [0, 0.05) is 30.7 Å². The van der Waals surface area contributed by atoms with E-state index in [-0.39, 0.29) is 11.6 Å². The van der Waals surface area contributed by atoms with Crippen LogP contribution in [0.15, 0.2) is 55.0 Å². The van der Waals surface area contributed by atoms with Crippen molar-refractivity contribution in [1.29, 1.82) is 0 Å². The van der Waals surface area contributed by atoms with Crippen molar-refractivity contribution >= 4 is 11.6 Å². The molecule has 0 saturated carbocycles. The Kier molecular flexibility index (Phi) is 3.42. The van der Waals surface area contributed by atoms with Crippen LogP contribution in [0.25, 0.3) is 11.1 Å². The zero-order chi connectivity index (χ0) is 14.7. The highest BCUT2D eigenvalue weighted by molar-refractivity contribution is 6.02. The Hall–Kier alpha value is -3.02. The molecule has 0 bridgehead atoms. The third-order valence-electron chi connectivity index (χ3n) is 2.95. The highest BCUT2D eigenvalue weighted by Gasteiger charge is 2.10. The first kappa shape index (κ1) is 13.0. The number of pyridine rings is 1. The van der Waals surface area contributed by atoms with Gasteiger partial charge in [0.2, 0.25) is 0 Å². The van der Waals surface area contributed by atoms with Gasteiger partial charge in [-0.1, -0.05) is 23.4 Å². The standard InChI is InChI=1S/C15H13N5O/c1-20-10-14(18-19-20)15(21)17-13-6-2-4-11(8-13)12-5-3-7-16-9-12/h2-10H,1H3,(H,17,21). The molecule has 0 aliphatic carbocycles. The number of nitrogens with one attached hydrogen (secondary N) is 1. The normalized spacial score (nSPS) is 10.3. The Bertz CT molecular complexity index is 766. The van der Waals surface area contributed by atoms with Gasteiger partial charge in [0.05, 0.1) is 6.20 Å². The van der Waals surface area contributed by atoms with E-state index in [1.807, 2.05) is 36.4 Å². The van der Waals surface area contributed by atoms with E-state index < -0.39 is 0 Å². The van der Waals surface area contributed by atoms with E-state index in [1.165, 1.54) is 4.68 Å². The number of amides is 1. The molecular weight excluding hydrogens is 266 g/mol. The van der Waals surface area contributed by atoms with Crippen molar-refractivity contribution in [3.05, 3.63) is 60.7 Å². The van der Waals surface area contributed by atoms with E-state index in [9.17, 15) is 4.79 Å². The topological polar surface area (TPSA) is 72.7 Å². The molecule has 0 aliphatic heterocycles. The number of nitrogens with zero attached hydrogens (tertiary/aromatic N) is 4. The summed E-state index contributed by atoms with van der Waals surface area (Å²) in [5, 5.41) is 10.3. The molecule has 1 amide bonds. The molecule has 2 aromatic heterocycles. The van der Waals surface area contributed by atoms with Crippen molar-refractivity contribution in [2.75, 3.05) is 5.32 Å². The predicted octanol–water partition coefficient (Wildman–Crippen LogP) is 2.13. The molecule has 1 aromatic carbocycles. The smallest absolute Gasteiger partial charge is 0.277 e. The molecule has 104 valence electrons. The lowest BCUT2D eigenvalue weighted by molar-refractivity contribution is 0.102. The Morgan fingerprint density at radius 1 is 1.19 bits per heavy atom. The molecule has 21 heavy (non-hydrogen) atoms. The lowest BCUT2D eigenvalue weighted by atomic mass is 10.1. The molecule has 6 nitrogen and oxygen atoms in total. The van der Waals surface area contributed by atoms with Gasteiger partial charge in [-0.15, -0.1) is 5.10 Å². The van der Waals surface area contributed by atoms with Gasteiger partial charge in [0.1, 0.15) is 0 Å². The lowest BCUT2D eigenvalue weighted by Gasteiger charge is -2.06. The molecular formula is C15H13N5O. The largest absolute Gasteiger partial charge is 0.321 e. The molecule has 0 unspecified atom stereocenters. The first-order chi connectivity index (χ1) is 10.2. The number of hydrogen-bond donors (Lipinski definition) is 1. The summed E-state index contributed by atoms with van der Waals surface area (Å²) >= 11 is 0. The van der Waals surface area contributed by atoms with Crippen LogP contribution in [0.3, 0.4) is 0 Å². The number of aromatic nitrogens is 4. The Balaban J connectivity index is 1.82. The van der Waals surface area contributed by atoms with Crippen LogP contribution < -0.4 is 5.32 Å². The van der Waals surface area contributed by atoms with Crippen molar-refractivity contribution in [3.63, 3.8) is 0 Å². The molecule has 2 heterocycles. The molecule has 0 fully saturated rings. The zero-order valence-corrected chi connectivity index (χ0v) is 11.4. The fourth-order valence-electron chi connectivity index (χ4n) is 1.96. The molecule has 3 rings (SSSR count). The highest BCUT2D eigenvalue weighted by Crippen LogP contribution is 2.21. The predicted molar refractivity (Wildman–Crippen MR) is 78.6 cm³/mol. The van der Waals surface area contributed by atoms with Gasteiger partial charge in [0.15, 0.2) is 5.69 Å². The fraction of sp³-hybridized carbons (Fsp3) is 0.0667. The number of hydrogen-bond acceptors (Lipinski definition) is 4. The van der Waals surface area contributed by atoms with Crippen molar-refractivity contribution in [3.8, 4) is 11.1 Å². The van der Waals surface area contributed by atoms with Crippen LogP contribution in [0.5, 0.6) is 0 Å². The zero-order valence-electron chi connectivity index (χ0n) is 11.4. The van der Waals surface area contributed by atoms with Gasteiger partial charge in [-0.05, 0) is 23.8 Å². The molecule has 0 aliphatic rings. The summed E-state index contributed by atoms with van der Waals surface area (Å²) in [5.74, 6) is -0.286. The van der Waals surface area contributed by atoms with Crippen LogP contribution in [0.4, 0.5) is 5.69 Å². The quantitative estimate of drug-likeness (QED) is 0.797. The number of benzene rings is 1. The number of carbonyl (C=O) groups excluding carboxylic acids is 1. The van der Waals surface area contributed by atoms with Gasteiger partial charge in [0.25, 0.3) is 5.91 Å². The van der Waals surface area contributed by atoms with Crippen LogP contribution in [-0.2, 0) is 7.05 Å². The average Bonchev–Trinajstić information content (AvgIpc) is 2.95. The minimum Gasteiger partial charge on any atom is -0.321 e. The number of anilines is 1. The summed E-state index contributed by atoms with van der Waals surface area (Å²) in [6, 6.07) is 11.4. The molecule has 3 aromatic rings. The maximum absolute atomic E-state index is 12.0. The van der Waals surface area contributed by atoms with Crippen LogP contribution in [0, 0.1) is 0 Å². The Labute approximate surface area is 121 Å². The minimum absolute atomic E-state index is 0.282. The minimum atomic E-state index is -0.286. The van der Waals surface area contributed by atoms with E-state index in [2.05, 4.69) is 20.6 Å². The summed E-state index contributed by atoms with van der Waals surface area (Å²) in [4.78, 5) is 16.1. The highest BCUT2D eigenvalue weighted by atomic mass is 16.2. The number of carbonyl (C=O) groups is 1. The van der Waals surface area contributed by atoms with Gasteiger partial charge in [-0.2, -0.15) is 0 Å². The van der Waals surface area contributed by atoms with Crippen LogP contribution in [0.1, 0.15) is 10.5 Å². The molecule has 6 heteroatoms. The van der Waals surface area contributed by atoms with E-state index in [1.54, 1.807) is 25.6 Å². The molecule has 1 N–H and O–H groups in total. The SMILES string of the molecule is Cn1cc(C(=O)Nc2cccc(-c3cccnc3)c2)nn1. The molecule has 0 atom stereocenters. The number of aryl methyl sites for hydroxylation is 1. The summed E-state index contributed by atoms with van der Waals surface area (Å²) in [7, 11) is 1.72. The first-order valence-corrected chi connectivity index (χ1v) is 6.40. The number of rotatable bonds is 3. The second kappa shape index (κ2) is 5.54. The van der Waals surface area contributed by atoms with Gasteiger partial charge >= 0.3 is 0 Å². The fourth-order valence-corrected chi connectivity index (χ4v) is 1.96. The molecule has 0 radical (unpaired) electrons. The maximum atomic E-state index is 12.0. The first-order valence-electron chi connectivity index (χ1n) is 6.40.